The van der Waals surface area contributed by atoms with Crippen LogP contribution in [0.2, 0.25) is 0 Å². The second kappa shape index (κ2) is 73.2. The van der Waals surface area contributed by atoms with Crippen molar-refractivity contribution in [1.29, 1.82) is 0 Å². The van der Waals surface area contributed by atoms with Gasteiger partial charge in [-0.1, -0.05) is 68.4 Å². The van der Waals surface area contributed by atoms with Crippen LogP contribution in [0.25, 0.3) is 11.1 Å². The molecular weight excluding hydrogens is 1760 g/mol. The number of nitrogens with zero attached hydrogens (tertiary/aromatic N) is 1. The number of ether oxygens (including phenoxy) is 21. The Bertz CT molecular complexity index is 3940. The summed E-state index contributed by atoms with van der Waals surface area (Å²) < 4.78 is 114. The van der Waals surface area contributed by atoms with Gasteiger partial charge in [0.1, 0.15) is 49.7 Å². The highest BCUT2D eigenvalue weighted by molar-refractivity contribution is 6.01. The number of carbonyl (C=O) groups is 10. The first-order valence-electron chi connectivity index (χ1n) is 45.0. The lowest BCUT2D eigenvalue weighted by atomic mass is 9.98. The highest BCUT2D eigenvalue weighted by Gasteiger charge is 2.33. The van der Waals surface area contributed by atoms with Crippen molar-refractivity contribution in [3.8, 4) is 16.9 Å². The monoisotopic (exact) mass is 1900 g/mol. The van der Waals surface area contributed by atoms with Crippen LogP contribution < -0.4 is 47.3 Å². The van der Waals surface area contributed by atoms with Gasteiger partial charge in [0.05, 0.1) is 223 Å². The van der Waals surface area contributed by atoms with Crippen molar-refractivity contribution in [1.82, 2.24) is 37.2 Å². The van der Waals surface area contributed by atoms with E-state index in [0.717, 1.165) is 34.4 Å². The van der Waals surface area contributed by atoms with E-state index in [1.165, 1.54) is 37.3 Å². The molecule has 1 aliphatic carbocycles. The number of methoxy groups -OCH3 is 2. The molecule has 0 radical (unpaired) electrons. The van der Waals surface area contributed by atoms with Gasteiger partial charge in [-0.15, -0.1) is 0 Å². The second-order valence-corrected chi connectivity index (χ2v) is 30.0. The number of unbranched alkanes of at least 4 members (excludes halogenated alkanes) is 1. The van der Waals surface area contributed by atoms with E-state index in [0.29, 0.717) is 191 Å². The Morgan fingerprint density at radius 1 is 0.418 bits per heavy atom. The minimum atomic E-state index is -1.48. The number of aliphatic carboxylic acids is 1. The number of alkyl carbamates (subject to hydrolysis) is 1. The number of nitro benzene ring substituents is 1. The van der Waals surface area contributed by atoms with Crippen molar-refractivity contribution in [2.75, 3.05) is 270 Å². The maximum absolute atomic E-state index is 14.0. The molecule has 0 spiro atoms. The van der Waals surface area contributed by atoms with Crippen LogP contribution in [0.4, 0.5) is 21.0 Å². The minimum absolute atomic E-state index is 0.000233. The first kappa shape index (κ1) is 114. The average molecular weight is 1900 g/mol. The Morgan fingerprint density at radius 3 is 1.33 bits per heavy atom. The van der Waals surface area contributed by atoms with Gasteiger partial charge in [-0.2, -0.15) is 0 Å². The van der Waals surface area contributed by atoms with E-state index >= 15 is 0 Å². The summed E-state index contributed by atoms with van der Waals surface area (Å²) in [5, 5.41) is 42.1. The number of benzene rings is 4. The number of nitrogens with one attached hydrogen (secondary N) is 8. The molecule has 0 bridgehead atoms. The summed E-state index contributed by atoms with van der Waals surface area (Å²) in [5.41, 5.74) is 3.90. The van der Waals surface area contributed by atoms with Crippen molar-refractivity contribution in [2.45, 2.75) is 102 Å². The predicted molar refractivity (Wildman–Crippen MR) is 482 cm³/mol. The molecule has 43 heteroatoms. The first-order valence-corrected chi connectivity index (χ1v) is 45.0. The molecule has 5 rings (SSSR count). The van der Waals surface area contributed by atoms with Crippen LogP contribution in [0.15, 0.2) is 91.0 Å². The minimum Gasteiger partial charge on any atom is -0.481 e. The molecule has 0 unspecified atom stereocenters. The van der Waals surface area contributed by atoms with Crippen molar-refractivity contribution in [3.63, 3.8) is 0 Å². The number of amides is 8. The van der Waals surface area contributed by atoms with Gasteiger partial charge in [0.15, 0.2) is 0 Å². The molecule has 8 amide bonds. The van der Waals surface area contributed by atoms with Crippen LogP contribution in [0.3, 0.4) is 0 Å². The molecule has 0 heterocycles. The maximum Gasteiger partial charge on any atom is 0.514 e. The predicted octanol–water partition coefficient (Wildman–Crippen LogP) is 4.62. The van der Waals surface area contributed by atoms with Crippen LogP contribution in [0.1, 0.15) is 98.7 Å². The Labute approximate surface area is 781 Å². The number of hydrogen-bond donors (Lipinski definition) is 9. The number of non-ortho nitro benzene ring substituents is 1. The fourth-order valence-corrected chi connectivity index (χ4v) is 12.5. The van der Waals surface area contributed by atoms with E-state index in [2.05, 4.69) is 42.5 Å². The number of fused-ring (bicyclic) bond motifs is 3. The summed E-state index contributed by atoms with van der Waals surface area (Å²) in [6.45, 7) is 16.7. The van der Waals surface area contributed by atoms with E-state index in [1.54, 1.807) is 28.1 Å². The molecule has 750 valence electrons. The quantitative estimate of drug-likeness (QED) is 0.00957. The third-order valence-corrected chi connectivity index (χ3v) is 19.4. The summed E-state index contributed by atoms with van der Waals surface area (Å²) in [6, 6.07) is 19.1. The summed E-state index contributed by atoms with van der Waals surface area (Å²) in [4.78, 5) is 145. The van der Waals surface area contributed by atoms with Crippen molar-refractivity contribution >= 4 is 70.9 Å². The van der Waals surface area contributed by atoms with E-state index in [-0.39, 0.29) is 132 Å². The zero-order valence-electron chi connectivity index (χ0n) is 77.5. The van der Waals surface area contributed by atoms with Crippen LogP contribution in [0.5, 0.6) is 5.75 Å². The molecule has 0 aromatic heterocycles. The molecule has 4 aromatic carbocycles. The molecule has 134 heavy (non-hydrogen) atoms. The lowest BCUT2D eigenvalue weighted by Crippen LogP contribution is -2.57. The SMILES string of the molecule is COCCOCCOCCOCCOCCOCCOCCOCCNC(=O)c1cc(NC(=O)[C@H](C)NC(=O)[C@@H](NC(=O)[C@H](CCC(=O)O)NC(=O)CCCNC(=O)[C@H](CCCCNC(=O)COCCOCCOCCOCCOCCOCCOCCOCCOCCOC)NC(=O)OCC2c3ccccc3-c3ccccc32)C(C)C)ccc1COC(=O)Oc1ccc([N+](=O)[O-])cc1. The Kier molecular flexibility index (Phi) is 62.5. The molecule has 43 nitrogen and oxygen atoms in total. The highest BCUT2D eigenvalue weighted by Crippen LogP contribution is 2.44. The van der Waals surface area contributed by atoms with Crippen LogP contribution in [0, 0.1) is 16.0 Å². The zero-order chi connectivity index (χ0) is 96.7. The smallest absolute Gasteiger partial charge is 0.481 e. The molecule has 0 saturated heterocycles. The van der Waals surface area contributed by atoms with E-state index in [4.69, 9.17) is 99.5 Å². The summed E-state index contributed by atoms with van der Waals surface area (Å²) in [7, 11) is 3.23. The molecule has 0 aliphatic heterocycles. The Balaban J connectivity index is 1.03. The first-order chi connectivity index (χ1) is 65.2. The Morgan fingerprint density at radius 2 is 0.866 bits per heavy atom. The number of nitro groups is 1. The third-order valence-electron chi connectivity index (χ3n) is 19.4. The summed E-state index contributed by atoms with van der Waals surface area (Å²) >= 11 is 0. The van der Waals surface area contributed by atoms with Gasteiger partial charge in [-0.25, -0.2) is 9.59 Å². The fraction of sp³-hybridized carbons (Fsp3) is 0.626. The van der Waals surface area contributed by atoms with Gasteiger partial charge in [0, 0.05) is 81.6 Å². The molecule has 0 fully saturated rings. The molecule has 4 aromatic rings. The fourth-order valence-electron chi connectivity index (χ4n) is 12.5. The number of hydrogen-bond acceptors (Lipinski definition) is 33. The molecular formula is C91H137N9O34. The number of carbonyl (C=O) groups excluding carboxylic acids is 9. The zero-order valence-corrected chi connectivity index (χ0v) is 77.5. The lowest BCUT2D eigenvalue weighted by molar-refractivity contribution is -0.384. The van der Waals surface area contributed by atoms with Crippen molar-refractivity contribution < 1.29 is 157 Å². The second-order valence-electron chi connectivity index (χ2n) is 30.0. The number of carboxylic acid groups (broad SMARTS) is 1. The standard InChI is InChI=1S/C91H137N9O34/c1-67(2)84(89(109)95-68(3)85(105)96-70-20-19-69(64-133-91(111)134-72-23-21-71(22-24-72)100(112)113)77(63-70)86(106)94-29-30-116-35-36-119-41-42-122-47-48-125-51-49-123-45-43-120-39-37-117-33-31-114-4)99-88(108)80(25-26-83(103)104)97-81(101)18-12-28-93-87(107)79(98-90(110)132-65-78-75-15-8-6-13-73(75)74-14-7-9-16-76(74)78)17-10-11-27-92-82(102)66-131-62-61-130-60-59-129-58-57-128-56-55-127-54-53-126-52-50-124-46-44-121-40-38-118-34-32-115-5/h6-9,13-16,19-24,63,67-68,78-80,84H,10-12,17-18,25-62,64-66H2,1-5H3,(H,92,102)(H,93,107)(H,94,106)(H,95,109)(H,96,105)(H,97,101)(H,98,110)(H,99,108)(H,103,104)/t68-,79-,80-,84-/m0/s1. The van der Waals surface area contributed by atoms with E-state index in [9.17, 15) is 63.2 Å². The van der Waals surface area contributed by atoms with Crippen LogP contribution >= 0.6 is 0 Å². The van der Waals surface area contributed by atoms with Crippen molar-refractivity contribution in [3.05, 3.63) is 123 Å². The van der Waals surface area contributed by atoms with Gasteiger partial charge in [0.25, 0.3) is 11.6 Å². The topological polar surface area (TPSA) is 524 Å². The lowest BCUT2D eigenvalue weighted by Gasteiger charge is -2.26. The molecule has 9 N–H and O–H groups in total. The molecule has 4 atom stereocenters. The average Bonchev–Trinajstić information content (AvgIpc) is 1.61. The van der Waals surface area contributed by atoms with Gasteiger partial charge < -0.3 is 147 Å². The normalized spacial score (nSPS) is 12.5. The summed E-state index contributed by atoms with van der Waals surface area (Å²) in [6.07, 6.45) is -2.42. The van der Waals surface area contributed by atoms with E-state index < -0.39 is 108 Å². The van der Waals surface area contributed by atoms with Gasteiger partial charge in [0.2, 0.25) is 35.4 Å². The van der Waals surface area contributed by atoms with Crippen molar-refractivity contribution in [2.24, 2.45) is 5.92 Å². The van der Waals surface area contributed by atoms with E-state index in [1.807, 2.05) is 48.5 Å². The van der Waals surface area contributed by atoms with Gasteiger partial charge in [-0.05, 0) is 91.5 Å². The maximum atomic E-state index is 14.0. The van der Waals surface area contributed by atoms with Crippen LogP contribution in [-0.4, -0.2) is 359 Å². The Hall–Kier alpha value is -10.1. The van der Waals surface area contributed by atoms with Gasteiger partial charge in [-0.3, -0.25) is 48.5 Å². The molecule has 0 saturated carbocycles. The van der Waals surface area contributed by atoms with Gasteiger partial charge >= 0.3 is 18.2 Å². The number of carboxylic acids is 1. The highest BCUT2D eigenvalue weighted by atomic mass is 16.7. The third kappa shape index (κ3) is 52.1. The number of anilines is 1. The number of rotatable bonds is 82. The van der Waals surface area contributed by atoms with Crippen LogP contribution in [-0.2, 0) is 135 Å². The summed E-state index contributed by atoms with van der Waals surface area (Å²) in [5.74, 6) is -7.17. The largest absolute Gasteiger partial charge is 0.514 e. The molecule has 1 aliphatic rings.